The van der Waals surface area contributed by atoms with Gasteiger partial charge in [0.05, 0.1) is 0 Å². The van der Waals surface area contributed by atoms with E-state index in [-0.39, 0.29) is 11.2 Å². The van der Waals surface area contributed by atoms with Gasteiger partial charge in [-0.25, -0.2) is 0 Å². The molecule has 16 heavy (non-hydrogen) atoms. The van der Waals surface area contributed by atoms with Crippen molar-refractivity contribution in [2.24, 2.45) is 0 Å². The minimum Gasteiger partial charge on any atom is -0.299 e. The van der Waals surface area contributed by atoms with Gasteiger partial charge in [0.15, 0.2) is 0 Å². The lowest BCUT2D eigenvalue weighted by molar-refractivity contribution is -0.118. The topological polar surface area (TPSA) is 17.1 Å². The highest BCUT2D eigenvalue weighted by Crippen LogP contribution is 2.27. The van der Waals surface area contributed by atoms with Crippen LogP contribution in [0.1, 0.15) is 45.2 Å². The predicted octanol–water partition coefficient (Wildman–Crippen LogP) is 4.16. The quantitative estimate of drug-likeness (QED) is 0.773. The molecule has 0 spiro atoms. The number of ketones is 1. The van der Waals surface area contributed by atoms with Crippen LogP contribution in [0.5, 0.6) is 0 Å². The average Bonchev–Trinajstić information content (AvgIpc) is 2.19. The van der Waals surface area contributed by atoms with Gasteiger partial charge in [-0.05, 0) is 22.6 Å². The summed E-state index contributed by atoms with van der Waals surface area (Å²) in [6.45, 7) is 8.32. The van der Waals surface area contributed by atoms with Crippen molar-refractivity contribution in [2.75, 3.05) is 0 Å². The second kappa shape index (κ2) is 5.01. The molecule has 0 aliphatic heterocycles. The maximum Gasteiger partial charge on any atom is 0.137 e. The summed E-state index contributed by atoms with van der Waals surface area (Å²) in [6.07, 6.45) is 1.01. The molecule has 0 aliphatic rings. The molecule has 1 aromatic rings. The Balaban J connectivity index is 2.96. The van der Waals surface area contributed by atoms with Crippen LogP contribution in [0.2, 0.25) is 5.02 Å². The van der Waals surface area contributed by atoms with Gasteiger partial charge in [0.25, 0.3) is 0 Å². The Morgan fingerprint density at radius 1 is 1.31 bits per heavy atom. The number of carbonyl (C=O) groups is 1. The van der Waals surface area contributed by atoms with Crippen LogP contribution < -0.4 is 0 Å². The molecule has 0 saturated heterocycles. The zero-order valence-corrected chi connectivity index (χ0v) is 11.2. The fourth-order valence-corrected chi connectivity index (χ4v) is 1.74. The standard InChI is InChI=1S/C14H19ClO/c1-5-12(16)8-10-6-7-11(9-13(10)15)14(2,3)4/h6-7,9H,5,8H2,1-4H3. The van der Waals surface area contributed by atoms with Crippen molar-refractivity contribution in [3.05, 3.63) is 34.3 Å². The molecule has 2 heteroatoms. The molecule has 1 rings (SSSR count). The normalized spacial score (nSPS) is 11.6. The Kier molecular flexibility index (Phi) is 4.15. The van der Waals surface area contributed by atoms with E-state index in [0.29, 0.717) is 17.9 Å². The van der Waals surface area contributed by atoms with Crippen LogP contribution in [-0.4, -0.2) is 5.78 Å². The smallest absolute Gasteiger partial charge is 0.137 e. The van der Waals surface area contributed by atoms with Gasteiger partial charge in [0, 0.05) is 17.9 Å². The van der Waals surface area contributed by atoms with E-state index in [0.717, 1.165) is 5.56 Å². The Morgan fingerprint density at radius 3 is 2.38 bits per heavy atom. The second-order valence-electron chi connectivity index (χ2n) is 5.13. The van der Waals surface area contributed by atoms with Crippen molar-refractivity contribution < 1.29 is 4.79 Å². The van der Waals surface area contributed by atoms with Gasteiger partial charge in [-0.2, -0.15) is 0 Å². The van der Waals surface area contributed by atoms with Gasteiger partial charge in [-0.1, -0.05) is 51.4 Å². The van der Waals surface area contributed by atoms with Gasteiger partial charge in [-0.15, -0.1) is 0 Å². The third-order valence-corrected chi connectivity index (χ3v) is 3.05. The molecule has 0 radical (unpaired) electrons. The van der Waals surface area contributed by atoms with Crippen molar-refractivity contribution in [2.45, 2.75) is 46.0 Å². The second-order valence-corrected chi connectivity index (χ2v) is 5.53. The van der Waals surface area contributed by atoms with Gasteiger partial charge in [0.2, 0.25) is 0 Å². The summed E-state index contributed by atoms with van der Waals surface area (Å²) in [5.74, 6) is 0.227. The summed E-state index contributed by atoms with van der Waals surface area (Å²) in [5, 5.41) is 0.703. The predicted molar refractivity (Wildman–Crippen MR) is 69.2 cm³/mol. The van der Waals surface area contributed by atoms with Crippen LogP contribution in [0.15, 0.2) is 18.2 Å². The van der Waals surface area contributed by atoms with Gasteiger partial charge in [-0.3, -0.25) is 4.79 Å². The molecule has 0 N–H and O–H groups in total. The van der Waals surface area contributed by atoms with Gasteiger partial charge >= 0.3 is 0 Å². The molecular weight excluding hydrogens is 220 g/mol. The monoisotopic (exact) mass is 238 g/mol. The average molecular weight is 239 g/mol. The summed E-state index contributed by atoms with van der Waals surface area (Å²) >= 11 is 6.18. The first-order valence-electron chi connectivity index (χ1n) is 5.65. The molecular formula is C14H19ClO. The maximum absolute atomic E-state index is 11.4. The third-order valence-electron chi connectivity index (χ3n) is 2.70. The Morgan fingerprint density at radius 2 is 1.94 bits per heavy atom. The Hall–Kier alpha value is -0.820. The van der Waals surface area contributed by atoms with Crippen LogP contribution in [0.4, 0.5) is 0 Å². The van der Waals surface area contributed by atoms with E-state index in [1.165, 1.54) is 5.56 Å². The highest BCUT2D eigenvalue weighted by atomic mass is 35.5. The summed E-state index contributed by atoms with van der Waals surface area (Å²) in [7, 11) is 0. The van der Waals surface area contributed by atoms with Crippen LogP contribution in [0.25, 0.3) is 0 Å². The number of hydrogen-bond acceptors (Lipinski definition) is 1. The fourth-order valence-electron chi connectivity index (χ4n) is 1.49. The lowest BCUT2D eigenvalue weighted by Crippen LogP contribution is -2.11. The van der Waals surface area contributed by atoms with Crippen LogP contribution in [-0.2, 0) is 16.6 Å². The molecule has 0 aromatic heterocycles. The zero-order valence-electron chi connectivity index (χ0n) is 10.4. The molecule has 0 unspecified atom stereocenters. The molecule has 0 atom stereocenters. The molecule has 0 heterocycles. The summed E-state index contributed by atoms with van der Waals surface area (Å²) in [4.78, 5) is 11.4. The van der Waals surface area contributed by atoms with Crippen LogP contribution in [0.3, 0.4) is 0 Å². The minimum absolute atomic E-state index is 0.0942. The van der Waals surface area contributed by atoms with E-state index in [2.05, 4.69) is 26.8 Å². The van der Waals surface area contributed by atoms with E-state index in [9.17, 15) is 4.79 Å². The summed E-state index contributed by atoms with van der Waals surface area (Å²) in [5.41, 5.74) is 2.23. The molecule has 0 bridgehead atoms. The number of rotatable bonds is 3. The van der Waals surface area contributed by atoms with Gasteiger partial charge < -0.3 is 0 Å². The van der Waals surface area contributed by atoms with E-state index in [1.54, 1.807) is 0 Å². The number of hydrogen-bond donors (Lipinski definition) is 0. The van der Waals surface area contributed by atoms with Crippen molar-refractivity contribution in [1.29, 1.82) is 0 Å². The molecule has 0 fully saturated rings. The van der Waals surface area contributed by atoms with E-state index in [1.807, 2.05) is 19.1 Å². The minimum atomic E-state index is 0.0942. The first kappa shape index (κ1) is 13.2. The van der Waals surface area contributed by atoms with E-state index in [4.69, 9.17) is 11.6 Å². The molecule has 1 nitrogen and oxygen atoms in total. The largest absolute Gasteiger partial charge is 0.299 e. The van der Waals surface area contributed by atoms with Crippen molar-refractivity contribution in [3.63, 3.8) is 0 Å². The molecule has 0 amide bonds. The lowest BCUT2D eigenvalue weighted by Gasteiger charge is -2.20. The molecule has 88 valence electrons. The van der Waals surface area contributed by atoms with Crippen LogP contribution in [0, 0.1) is 0 Å². The molecule has 0 saturated carbocycles. The summed E-state index contributed by atoms with van der Waals surface area (Å²) in [6, 6.07) is 6.00. The zero-order chi connectivity index (χ0) is 12.3. The summed E-state index contributed by atoms with van der Waals surface area (Å²) < 4.78 is 0. The number of benzene rings is 1. The lowest BCUT2D eigenvalue weighted by atomic mass is 9.86. The maximum atomic E-state index is 11.4. The van der Waals surface area contributed by atoms with Crippen LogP contribution >= 0.6 is 11.6 Å². The Bertz CT molecular complexity index is 388. The van der Waals surface area contributed by atoms with Crippen molar-refractivity contribution in [1.82, 2.24) is 0 Å². The van der Waals surface area contributed by atoms with Crippen molar-refractivity contribution >= 4 is 17.4 Å². The number of carbonyl (C=O) groups excluding carboxylic acids is 1. The first-order chi connectivity index (χ1) is 7.34. The first-order valence-corrected chi connectivity index (χ1v) is 6.03. The third kappa shape index (κ3) is 3.34. The molecule has 0 aliphatic carbocycles. The van der Waals surface area contributed by atoms with E-state index >= 15 is 0 Å². The van der Waals surface area contributed by atoms with Gasteiger partial charge in [0.1, 0.15) is 5.78 Å². The fraction of sp³-hybridized carbons (Fsp3) is 0.500. The molecule has 1 aromatic carbocycles. The number of halogens is 1. The SMILES string of the molecule is CCC(=O)Cc1ccc(C(C)(C)C)cc1Cl. The highest BCUT2D eigenvalue weighted by molar-refractivity contribution is 6.31. The highest BCUT2D eigenvalue weighted by Gasteiger charge is 2.15. The van der Waals surface area contributed by atoms with Crippen molar-refractivity contribution in [3.8, 4) is 0 Å². The number of Topliss-reactive ketones (excluding diaryl/α,β-unsaturated/α-hetero) is 1. The Labute approximate surface area is 103 Å². The van der Waals surface area contributed by atoms with E-state index < -0.39 is 0 Å².